The number of hydrogen-bond acceptors (Lipinski definition) is 3. The number of likely N-dealkylation sites (tertiary alicyclic amines) is 1. The van der Waals surface area contributed by atoms with Gasteiger partial charge in [-0.05, 0) is 31.7 Å². The number of carbonyl (C=O) groups is 1. The van der Waals surface area contributed by atoms with Gasteiger partial charge in [-0.15, -0.1) is 0 Å². The predicted octanol–water partition coefficient (Wildman–Crippen LogP) is -0.0274. The molecule has 2 aliphatic rings. The maximum Gasteiger partial charge on any atom is 0.251 e. The highest BCUT2D eigenvalue weighted by atomic mass is 16.5. The quantitative estimate of drug-likeness (QED) is 0.678. The zero-order valence-electron chi connectivity index (χ0n) is 8.45. The molecular weight excluding hydrogens is 180 g/mol. The number of nitrogens with zero attached hydrogens (tertiary/aromatic N) is 1. The Morgan fingerprint density at radius 1 is 1.50 bits per heavy atom. The molecule has 0 aromatic rings. The first kappa shape index (κ1) is 9.93. The lowest BCUT2D eigenvalue weighted by atomic mass is 10.1. The molecule has 1 amide bonds. The van der Waals surface area contributed by atoms with E-state index >= 15 is 0 Å². The van der Waals surface area contributed by atoms with Crippen molar-refractivity contribution in [3.63, 3.8) is 0 Å². The summed E-state index contributed by atoms with van der Waals surface area (Å²) in [7, 11) is 0. The first-order valence-corrected chi connectivity index (χ1v) is 5.41. The number of ether oxygens (including phenoxy) is 1. The van der Waals surface area contributed by atoms with Crippen LogP contribution < -0.4 is 5.73 Å². The molecule has 2 rings (SSSR count). The number of hydrogen-bond donors (Lipinski definition) is 1. The molecule has 0 bridgehead atoms. The van der Waals surface area contributed by atoms with Gasteiger partial charge in [-0.2, -0.15) is 0 Å². The normalized spacial score (nSPS) is 32.5. The van der Waals surface area contributed by atoms with Gasteiger partial charge in [0.25, 0.3) is 5.91 Å². The Hall–Kier alpha value is -0.610. The average molecular weight is 198 g/mol. The molecule has 2 fully saturated rings. The minimum absolute atomic E-state index is 0.161. The molecule has 2 N–H and O–H groups in total. The summed E-state index contributed by atoms with van der Waals surface area (Å²) >= 11 is 0. The van der Waals surface area contributed by atoms with Crippen LogP contribution in [0, 0.1) is 5.92 Å². The van der Waals surface area contributed by atoms with Gasteiger partial charge in [-0.25, -0.2) is 0 Å². The van der Waals surface area contributed by atoms with E-state index in [9.17, 15) is 4.79 Å². The minimum atomic E-state index is -0.161. The number of carbonyl (C=O) groups excluding carboxylic acids is 1. The largest absolute Gasteiger partial charge is 0.368 e. The van der Waals surface area contributed by atoms with Crippen LogP contribution in [0.4, 0.5) is 0 Å². The first-order valence-electron chi connectivity index (χ1n) is 5.41. The van der Waals surface area contributed by atoms with E-state index in [0.29, 0.717) is 12.5 Å². The van der Waals surface area contributed by atoms with Crippen LogP contribution in [-0.4, -0.2) is 43.2 Å². The highest BCUT2D eigenvalue weighted by molar-refractivity contribution is 5.81. The zero-order chi connectivity index (χ0) is 9.97. The van der Waals surface area contributed by atoms with Crippen LogP contribution in [0.25, 0.3) is 0 Å². The van der Waals surface area contributed by atoms with Gasteiger partial charge in [-0.1, -0.05) is 0 Å². The number of nitrogens with two attached hydrogens (primary N) is 1. The number of amides is 1. The lowest BCUT2D eigenvalue weighted by Crippen LogP contribution is -2.37. The molecule has 0 aromatic carbocycles. The lowest BCUT2D eigenvalue weighted by Gasteiger charge is -2.19. The van der Waals surface area contributed by atoms with Crippen molar-refractivity contribution in [3.05, 3.63) is 0 Å². The van der Waals surface area contributed by atoms with Crippen molar-refractivity contribution in [1.82, 2.24) is 4.90 Å². The van der Waals surface area contributed by atoms with E-state index in [1.165, 1.54) is 0 Å². The third-order valence-electron chi connectivity index (χ3n) is 3.14. The third kappa shape index (κ3) is 1.91. The van der Waals surface area contributed by atoms with Crippen molar-refractivity contribution in [3.8, 4) is 0 Å². The molecule has 14 heavy (non-hydrogen) atoms. The maximum atomic E-state index is 11.9. The van der Waals surface area contributed by atoms with Crippen LogP contribution >= 0.6 is 0 Å². The van der Waals surface area contributed by atoms with Crippen LogP contribution in [0.15, 0.2) is 0 Å². The smallest absolute Gasteiger partial charge is 0.251 e. The molecule has 4 nitrogen and oxygen atoms in total. The number of rotatable bonds is 2. The summed E-state index contributed by atoms with van der Waals surface area (Å²) in [6.07, 6.45) is 2.80. The Morgan fingerprint density at radius 2 is 2.36 bits per heavy atom. The standard InChI is InChI=1S/C10H18N2O2/c11-6-8-3-4-12(7-8)10(13)9-2-1-5-14-9/h8-9H,1-7,11H2/t8?,9-/m0/s1. The Kier molecular flexibility index (Phi) is 3.03. The van der Waals surface area contributed by atoms with E-state index < -0.39 is 0 Å². The predicted molar refractivity (Wildman–Crippen MR) is 52.7 cm³/mol. The second-order valence-corrected chi connectivity index (χ2v) is 4.18. The summed E-state index contributed by atoms with van der Waals surface area (Å²) < 4.78 is 5.37. The first-order chi connectivity index (χ1) is 6.81. The van der Waals surface area contributed by atoms with E-state index in [0.717, 1.165) is 39.0 Å². The summed E-state index contributed by atoms with van der Waals surface area (Å²) in [5.74, 6) is 0.679. The van der Waals surface area contributed by atoms with Crippen molar-refractivity contribution >= 4 is 5.91 Å². The van der Waals surface area contributed by atoms with E-state index in [2.05, 4.69) is 0 Å². The van der Waals surface area contributed by atoms with Crippen LogP contribution in [0.2, 0.25) is 0 Å². The summed E-state index contributed by atoms with van der Waals surface area (Å²) in [6, 6.07) is 0. The van der Waals surface area contributed by atoms with Crippen LogP contribution in [-0.2, 0) is 9.53 Å². The Morgan fingerprint density at radius 3 is 2.93 bits per heavy atom. The summed E-state index contributed by atoms with van der Waals surface area (Å²) in [5.41, 5.74) is 5.58. The molecule has 80 valence electrons. The Bertz CT molecular complexity index is 214. The molecule has 4 heteroatoms. The van der Waals surface area contributed by atoms with Crippen molar-refractivity contribution in [2.75, 3.05) is 26.2 Å². The van der Waals surface area contributed by atoms with Crippen LogP contribution in [0.1, 0.15) is 19.3 Å². The van der Waals surface area contributed by atoms with E-state index in [-0.39, 0.29) is 12.0 Å². The molecule has 0 spiro atoms. The highest BCUT2D eigenvalue weighted by Crippen LogP contribution is 2.20. The van der Waals surface area contributed by atoms with Crippen molar-refractivity contribution in [2.45, 2.75) is 25.4 Å². The zero-order valence-corrected chi connectivity index (χ0v) is 8.45. The third-order valence-corrected chi connectivity index (χ3v) is 3.14. The molecule has 1 unspecified atom stereocenters. The molecule has 2 saturated heterocycles. The monoisotopic (exact) mass is 198 g/mol. The maximum absolute atomic E-state index is 11.9. The van der Waals surface area contributed by atoms with Crippen molar-refractivity contribution in [1.29, 1.82) is 0 Å². The minimum Gasteiger partial charge on any atom is -0.368 e. The molecule has 2 heterocycles. The summed E-state index contributed by atoms with van der Waals surface area (Å²) in [6.45, 7) is 3.12. The van der Waals surface area contributed by atoms with Crippen LogP contribution in [0.5, 0.6) is 0 Å². The second-order valence-electron chi connectivity index (χ2n) is 4.18. The van der Waals surface area contributed by atoms with Gasteiger partial charge in [-0.3, -0.25) is 4.79 Å². The molecule has 0 saturated carbocycles. The highest BCUT2D eigenvalue weighted by Gasteiger charge is 2.32. The lowest BCUT2D eigenvalue weighted by molar-refractivity contribution is -0.139. The molecule has 2 atom stereocenters. The fraction of sp³-hybridized carbons (Fsp3) is 0.900. The van der Waals surface area contributed by atoms with Gasteiger partial charge >= 0.3 is 0 Å². The van der Waals surface area contributed by atoms with Gasteiger partial charge in [0.05, 0.1) is 0 Å². The van der Waals surface area contributed by atoms with E-state index in [1.807, 2.05) is 4.90 Å². The SMILES string of the molecule is NCC1CCN(C(=O)[C@@H]2CCCO2)C1. The van der Waals surface area contributed by atoms with Crippen LogP contribution in [0.3, 0.4) is 0 Å². The molecule has 0 radical (unpaired) electrons. The molecule has 0 aromatic heterocycles. The summed E-state index contributed by atoms with van der Waals surface area (Å²) in [4.78, 5) is 13.8. The fourth-order valence-corrected chi connectivity index (χ4v) is 2.20. The van der Waals surface area contributed by atoms with Gasteiger partial charge in [0, 0.05) is 19.7 Å². The van der Waals surface area contributed by atoms with Gasteiger partial charge in [0.2, 0.25) is 0 Å². The van der Waals surface area contributed by atoms with Crippen molar-refractivity contribution < 1.29 is 9.53 Å². The topological polar surface area (TPSA) is 55.6 Å². The van der Waals surface area contributed by atoms with E-state index in [1.54, 1.807) is 0 Å². The van der Waals surface area contributed by atoms with Gasteiger partial charge in [0.1, 0.15) is 6.10 Å². The van der Waals surface area contributed by atoms with E-state index in [4.69, 9.17) is 10.5 Å². The Labute approximate surface area is 84.4 Å². The molecule has 2 aliphatic heterocycles. The molecule has 0 aliphatic carbocycles. The molecular formula is C10H18N2O2. The Balaban J connectivity index is 1.86. The van der Waals surface area contributed by atoms with Crippen molar-refractivity contribution in [2.24, 2.45) is 11.7 Å². The summed E-state index contributed by atoms with van der Waals surface area (Å²) in [5, 5.41) is 0. The average Bonchev–Trinajstić information content (AvgIpc) is 2.88. The fourth-order valence-electron chi connectivity index (χ4n) is 2.20. The van der Waals surface area contributed by atoms with Gasteiger partial charge < -0.3 is 15.4 Å². The second kappa shape index (κ2) is 4.28. The van der Waals surface area contributed by atoms with Gasteiger partial charge in [0.15, 0.2) is 0 Å².